The van der Waals surface area contributed by atoms with Crippen LogP contribution < -0.4 is 4.74 Å². The van der Waals surface area contributed by atoms with E-state index in [9.17, 15) is 9.18 Å². The van der Waals surface area contributed by atoms with Crippen LogP contribution in [0.4, 0.5) is 4.39 Å². The summed E-state index contributed by atoms with van der Waals surface area (Å²) in [5, 5.41) is 4.62. The van der Waals surface area contributed by atoms with Gasteiger partial charge >= 0.3 is 0 Å². The van der Waals surface area contributed by atoms with Crippen LogP contribution in [0.5, 0.6) is 5.75 Å². The van der Waals surface area contributed by atoms with Crippen LogP contribution in [-0.2, 0) is 6.54 Å². The number of benzene rings is 1. The standard InChI is InChI=1S/C24H23FN4O4/c1-15-22-17(13-19(21-4-3-11-32-21)26-23(22)33-27-15)24(30)29-9-7-28(8-10-29)14-16-5-6-20(31-2)18(25)12-16/h3-6,11-13H,7-10,14H2,1-2H3. The summed E-state index contributed by atoms with van der Waals surface area (Å²) in [7, 11) is 1.45. The lowest BCUT2D eigenvalue weighted by Crippen LogP contribution is -2.48. The summed E-state index contributed by atoms with van der Waals surface area (Å²) < 4.78 is 29.8. The van der Waals surface area contributed by atoms with E-state index in [1.807, 2.05) is 11.0 Å². The van der Waals surface area contributed by atoms with Crippen molar-refractivity contribution in [1.29, 1.82) is 0 Å². The van der Waals surface area contributed by atoms with Crippen LogP contribution in [0.3, 0.4) is 0 Å². The van der Waals surface area contributed by atoms with E-state index in [0.717, 1.165) is 5.56 Å². The number of aryl methyl sites for hydroxylation is 1. The van der Waals surface area contributed by atoms with Gasteiger partial charge in [-0.25, -0.2) is 9.37 Å². The Bertz CT molecular complexity index is 1290. The third-order valence-corrected chi connectivity index (χ3v) is 5.90. The molecule has 0 saturated carbocycles. The van der Waals surface area contributed by atoms with E-state index >= 15 is 0 Å². The van der Waals surface area contributed by atoms with Crippen LogP contribution in [0.25, 0.3) is 22.6 Å². The number of hydrogen-bond donors (Lipinski definition) is 0. The molecule has 1 saturated heterocycles. The van der Waals surface area contributed by atoms with Crippen LogP contribution >= 0.6 is 0 Å². The summed E-state index contributed by atoms with van der Waals surface area (Å²) in [6.45, 7) is 4.88. The second kappa shape index (κ2) is 8.67. The van der Waals surface area contributed by atoms with E-state index < -0.39 is 0 Å². The third-order valence-electron chi connectivity index (χ3n) is 5.90. The molecule has 1 aliphatic heterocycles. The maximum atomic E-state index is 14.0. The summed E-state index contributed by atoms with van der Waals surface area (Å²) in [5.74, 6) is 0.311. The molecule has 0 bridgehead atoms. The maximum absolute atomic E-state index is 14.0. The first-order chi connectivity index (χ1) is 16.0. The van der Waals surface area contributed by atoms with Gasteiger partial charge in [0.2, 0.25) is 0 Å². The number of fused-ring (bicyclic) bond motifs is 1. The number of furan rings is 1. The molecule has 0 spiro atoms. The summed E-state index contributed by atoms with van der Waals surface area (Å²) >= 11 is 0. The Kier molecular flexibility index (Phi) is 5.55. The number of amides is 1. The Labute approximate surface area is 189 Å². The van der Waals surface area contributed by atoms with Crippen molar-refractivity contribution in [2.24, 2.45) is 0 Å². The molecule has 0 aliphatic carbocycles. The number of methoxy groups -OCH3 is 1. The van der Waals surface area contributed by atoms with Crippen molar-refractivity contribution in [3.8, 4) is 17.2 Å². The molecule has 0 unspecified atom stereocenters. The fourth-order valence-corrected chi connectivity index (χ4v) is 4.16. The molecular weight excluding hydrogens is 427 g/mol. The summed E-state index contributed by atoms with van der Waals surface area (Å²) in [6, 6.07) is 10.3. The predicted molar refractivity (Wildman–Crippen MR) is 118 cm³/mol. The fourth-order valence-electron chi connectivity index (χ4n) is 4.16. The first-order valence-corrected chi connectivity index (χ1v) is 10.7. The van der Waals surface area contributed by atoms with E-state index in [0.29, 0.717) is 66.5 Å². The van der Waals surface area contributed by atoms with Gasteiger partial charge in [-0.2, -0.15) is 0 Å². The molecule has 9 heteroatoms. The second-order valence-electron chi connectivity index (χ2n) is 8.02. The third kappa shape index (κ3) is 4.07. The number of halogens is 1. The van der Waals surface area contributed by atoms with Gasteiger partial charge in [0.25, 0.3) is 11.6 Å². The summed E-state index contributed by atoms with van der Waals surface area (Å²) in [6.07, 6.45) is 1.56. The molecule has 3 aromatic heterocycles. The lowest BCUT2D eigenvalue weighted by Gasteiger charge is -2.35. The minimum absolute atomic E-state index is 0.100. The van der Waals surface area contributed by atoms with E-state index in [-0.39, 0.29) is 17.5 Å². The summed E-state index contributed by atoms with van der Waals surface area (Å²) in [4.78, 5) is 22.0. The highest BCUT2D eigenvalue weighted by atomic mass is 19.1. The zero-order valence-corrected chi connectivity index (χ0v) is 18.4. The number of aromatic nitrogens is 2. The lowest BCUT2D eigenvalue weighted by atomic mass is 10.1. The Morgan fingerprint density at radius 2 is 2.00 bits per heavy atom. The molecule has 0 radical (unpaired) electrons. The molecule has 1 aromatic carbocycles. The van der Waals surface area contributed by atoms with Crippen LogP contribution in [0.1, 0.15) is 21.6 Å². The average molecular weight is 450 g/mol. The smallest absolute Gasteiger partial charge is 0.259 e. The Hall–Kier alpha value is -3.72. The normalized spacial score (nSPS) is 14.7. The maximum Gasteiger partial charge on any atom is 0.259 e. The highest BCUT2D eigenvalue weighted by Gasteiger charge is 2.27. The molecule has 4 heterocycles. The largest absolute Gasteiger partial charge is 0.494 e. The minimum atomic E-state index is -0.373. The van der Waals surface area contributed by atoms with Crippen LogP contribution in [0.2, 0.25) is 0 Å². The number of hydrogen-bond acceptors (Lipinski definition) is 7. The quantitative estimate of drug-likeness (QED) is 0.456. The molecule has 4 aromatic rings. The van der Waals surface area contributed by atoms with Crippen molar-refractivity contribution in [1.82, 2.24) is 19.9 Å². The molecule has 1 fully saturated rings. The minimum Gasteiger partial charge on any atom is -0.494 e. The van der Waals surface area contributed by atoms with Gasteiger partial charge in [-0.1, -0.05) is 11.2 Å². The first kappa shape index (κ1) is 21.1. The SMILES string of the molecule is COc1ccc(CN2CCN(C(=O)c3cc(-c4ccco4)nc4onc(C)c34)CC2)cc1F. The zero-order valence-electron chi connectivity index (χ0n) is 18.4. The van der Waals surface area contributed by atoms with Gasteiger partial charge in [-0.15, -0.1) is 0 Å². The first-order valence-electron chi connectivity index (χ1n) is 10.7. The number of nitrogens with zero attached hydrogens (tertiary/aromatic N) is 4. The second-order valence-corrected chi connectivity index (χ2v) is 8.02. The van der Waals surface area contributed by atoms with Gasteiger partial charge in [0.1, 0.15) is 5.69 Å². The van der Waals surface area contributed by atoms with Crippen LogP contribution in [0, 0.1) is 12.7 Å². The Balaban J connectivity index is 1.33. The number of ether oxygens (including phenoxy) is 1. The lowest BCUT2D eigenvalue weighted by molar-refractivity contribution is 0.0630. The highest BCUT2D eigenvalue weighted by molar-refractivity contribution is 6.06. The number of pyridine rings is 1. The zero-order chi connectivity index (χ0) is 22.9. The van der Waals surface area contributed by atoms with Gasteiger partial charge < -0.3 is 18.6 Å². The number of piperazine rings is 1. The van der Waals surface area contributed by atoms with Gasteiger partial charge in [-0.05, 0) is 42.8 Å². The fraction of sp³-hybridized carbons (Fsp3) is 0.292. The molecule has 0 N–H and O–H groups in total. The Morgan fingerprint density at radius 3 is 2.70 bits per heavy atom. The van der Waals surface area contributed by atoms with Crippen LogP contribution in [-0.4, -0.2) is 59.1 Å². The highest BCUT2D eigenvalue weighted by Crippen LogP contribution is 2.28. The number of carbonyl (C=O) groups is 1. The Morgan fingerprint density at radius 1 is 1.18 bits per heavy atom. The van der Waals surface area contributed by atoms with Gasteiger partial charge in [0, 0.05) is 32.7 Å². The van der Waals surface area contributed by atoms with E-state index in [2.05, 4.69) is 15.0 Å². The molecular formula is C24H23FN4O4. The van der Waals surface area contributed by atoms with E-state index in [1.165, 1.54) is 13.2 Å². The predicted octanol–water partition coefficient (Wildman–Crippen LogP) is 3.90. The summed E-state index contributed by atoms with van der Waals surface area (Å²) in [5.41, 5.74) is 2.81. The van der Waals surface area contributed by atoms with Crippen molar-refractivity contribution in [3.05, 3.63) is 65.3 Å². The van der Waals surface area contributed by atoms with Crippen molar-refractivity contribution >= 4 is 17.0 Å². The van der Waals surface area contributed by atoms with Crippen molar-refractivity contribution in [2.75, 3.05) is 33.3 Å². The number of rotatable bonds is 5. The van der Waals surface area contributed by atoms with Crippen molar-refractivity contribution < 1.29 is 22.9 Å². The van der Waals surface area contributed by atoms with Crippen molar-refractivity contribution in [2.45, 2.75) is 13.5 Å². The van der Waals surface area contributed by atoms with Gasteiger partial charge in [-0.3, -0.25) is 9.69 Å². The van der Waals surface area contributed by atoms with Gasteiger partial charge in [0.05, 0.1) is 30.0 Å². The van der Waals surface area contributed by atoms with Crippen LogP contribution in [0.15, 0.2) is 51.6 Å². The molecule has 0 atom stereocenters. The van der Waals surface area contributed by atoms with E-state index in [1.54, 1.807) is 37.5 Å². The molecule has 170 valence electrons. The van der Waals surface area contributed by atoms with Gasteiger partial charge in [0.15, 0.2) is 17.3 Å². The monoisotopic (exact) mass is 450 g/mol. The molecule has 5 rings (SSSR count). The molecule has 8 nitrogen and oxygen atoms in total. The number of carbonyl (C=O) groups excluding carboxylic acids is 1. The topological polar surface area (TPSA) is 84.8 Å². The average Bonchev–Trinajstić information content (AvgIpc) is 3.49. The van der Waals surface area contributed by atoms with E-state index in [4.69, 9.17) is 13.7 Å². The molecule has 33 heavy (non-hydrogen) atoms. The molecule has 1 aliphatic rings. The van der Waals surface area contributed by atoms with Crippen molar-refractivity contribution in [3.63, 3.8) is 0 Å². The molecule has 1 amide bonds.